The molecule has 1 aliphatic carbocycles. The molecule has 0 bridgehead atoms. The number of nitrogens with two attached hydrogens (primary N) is 1. The standard InChI is InChI=1S/C13H23N3S/c14-10-13(5-2-1-3-6-13)11-15-7-4-12-16-8-9-17-12/h8-9,15H,1-7,10-11,14H2. The molecule has 1 saturated carbocycles. The van der Waals surface area contributed by atoms with Crippen molar-refractivity contribution in [3.63, 3.8) is 0 Å². The van der Waals surface area contributed by atoms with E-state index in [4.69, 9.17) is 5.73 Å². The van der Waals surface area contributed by atoms with E-state index in [1.54, 1.807) is 11.3 Å². The second kappa shape index (κ2) is 6.47. The summed E-state index contributed by atoms with van der Waals surface area (Å²) in [7, 11) is 0. The number of aromatic nitrogens is 1. The summed E-state index contributed by atoms with van der Waals surface area (Å²) in [4.78, 5) is 4.29. The zero-order valence-electron chi connectivity index (χ0n) is 10.5. The van der Waals surface area contributed by atoms with Gasteiger partial charge in [-0.2, -0.15) is 0 Å². The summed E-state index contributed by atoms with van der Waals surface area (Å²) in [5.41, 5.74) is 6.34. The predicted molar refractivity (Wildman–Crippen MR) is 73.3 cm³/mol. The van der Waals surface area contributed by atoms with Crippen LogP contribution in [0.2, 0.25) is 0 Å². The van der Waals surface area contributed by atoms with E-state index in [2.05, 4.69) is 10.3 Å². The van der Waals surface area contributed by atoms with Gasteiger partial charge in [0.1, 0.15) is 0 Å². The van der Waals surface area contributed by atoms with Crippen LogP contribution in [0, 0.1) is 5.41 Å². The van der Waals surface area contributed by atoms with Gasteiger partial charge in [0.15, 0.2) is 0 Å². The molecular formula is C13H23N3S. The number of nitrogens with zero attached hydrogens (tertiary/aromatic N) is 1. The molecule has 3 nitrogen and oxygen atoms in total. The van der Waals surface area contributed by atoms with Crippen molar-refractivity contribution in [3.05, 3.63) is 16.6 Å². The third kappa shape index (κ3) is 3.76. The van der Waals surface area contributed by atoms with Gasteiger partial charge < -0.3 is 11.1 Å². The van der Waals surface area contributed by atoms with Crippen LogP contribution in [0.25, 0.3) is 0 Å². The highest BCUT2D eigenvalue weighted by Crippen LogP contribution is 2.34. The second-order valence-electron chi connectivity index (χ2n) is 5.12. The molecule has 0 aromatic carbocycles. The van der Waals surface area contributed by atoms with Crippen LogP contribution < -0.4 is 11.1 Å². The topological polar surface area (TPSA) is 50.9 Å². The highest BCUT2D eigenvalue weighted by molar-refractivity contribution is 7.09. The lowest BCUT2D eigenvalue weighted by atomic mass is 9.74. The number of nitrogens with one attached hydrogen (secondary N) is 1. The Balaban J connectivity index is 1.69. The first-order chi connectivity index (χ1) is 8.35. The van der Waals surface area contributed by atoms with E-state index in [0.29, 0.717) is 5.41 Å². The Morgan fingerprint density at radius 2 is 2.18 bits per heavy atom. The maximum atomic E-state index is 5.96. The molecular weight excluding hydrogens is 230 g/mol. The smallest absolute Gasteiger partial charge is 0.0937 e. The summed E-state index contributed by atoms with van der Waals surface area (Å²) in [5, 5.41) is 6.84. The third-order valence-electron chi connectivity index (χ3n) is 3.85. The van der Waals surface area contributed by atoms with Gasteiger partial charge in [-0.25, -0.2) is 4.98 Å². The maximum Gasteiger partial charge on any atom is 0.0937 e. The minimum absolute atomic E-state index is 0.376. The van der Waals surface area contributed by atoms with E-state index in [1.165, 1.54) is 37.1 Å². The Bertz CT molecular complexity index is 304. The second-order valence-corrected chi connectivity index (χ2v) is 6.10. The van der Waals surface area contributed by atoms with Crippen molar-refractivity contribution in [2.75, 3.05) is 19.6 Å². The van der Waals surface area contributed by atoms with Crippen LogP contribution in [0.15, 0.2) is 11.6 Å². The molecule has 0 radical (unpaired) electrons. The molecule has 3 N–H and O–H groups in total. The Kier molecular flexibility index (Phi) is 4.95. The molecule has 17 heavy (non-hydrogen) atoms. The van der Waals surface area contributed by atoms with Gasteiger partial charge in [-0.3, -0.25) is 0 Å². The predicted octanol–water partition coefficient (Wildman–Crippen LogP) is 2.18. The lowest BCUT2D eigenvalue weighted by molar-refractivity contribution is 0.192. The highest BCUT2D eigenvalue weighted by atomic mass is 32.1. The third-order valence-corrected chi connectivity index (χ3v) is 4.69. The van der Waals surface area contributed by atoms with Crippen LogP contribution in [0.4, 0.5) is 0 Å². The largest absolute Gasteiger partial charge is 0.330 e. The first-order valence-corrected chi connectivity index (χ1v) is 7.52. The molecule has 0 atom stereocenters. The number of hydrogen-bond donors (Lipinski definition) is 2. The first-order valence-electron chi connectivity index (χ1n) is 6.64. The molecule has 1 aliphatic rings. The van der Waals surface area contributed by atoms with Gasteiger partial charge in [-0.1, -0.05) is 19.3 Å². The Labute approximate surface area is 108 Å². The molecule has 0 saturated heterocycles. The zero-order chi connectivity index (χ0) is 12.0. The minimum Gasteiger partial charge on any atom is -0.330 e. The molecule has 0 spiro atoms. The molecule has 1 fully saturated rings. The number of rotatable bonds is 6. The monoisotopic (exact) mass is 253 g/mol. The van der Waals surface area contributed by atoms with Crippen LogP contribution in [0.1, 0.15) is 37.1 Å². The maximum absolute atomic E-state index is 5.96. The van der Waals surface area contributed by atoms with Crippen LogP contribution in [0.3, 0.4) is 0 Å². The Morgan fingerprint density at radius 1 is 1.35 bits per heavy atom. The Hall–Kier alpha value is -0.450. The average Bonchev–Trinajstić information content (AvgIpc) is 2.89. The summed E-state index contributed by atoms with van der Waals surface area (Å²) in [6.07, 6.45) is 9.61. The van der Waals surface area contributed by atoms with Crippen molar-refractivity contribution >= 4 is 11.3 Å². The van der Waals surface area contributed by atoms with Gasteiger partial charge in [-0.05, 0) is 24.8 Å². The van der Waals surface area contributed by atoms with Gasteiger partial charge in [-0.15, -0.1) is 11.3 Å². The van der Waals surface area contributed by atoms with Crippen molar-refractivity contribution < 1.29 is 0 Å². The quantitative estimate of drug-likeness (QED) is 0.764. The van der Waals surface area contributed by atoms with Gasteiger partial charge in [0.25, 0.3) is 0 Å². The summed E-state index contributed by atoms with van der Waals surface area (Å²) >= 11 is 1.74. The van der Waals surface area contributed by atoms with Crippen molar-refractivity contribution in [3.8, 4) is 0 Å². The minimum atomic E-state index is 0.376. The van der Waals surface area contributed by atoms with Gasteiger partial charge in [0.2, 0.25) is 0 Å². The summed E-state index contributed by atoms with van der Waals surface area (Å²) in [6, 6.07) is 0. The van der Waals surface area contributed by atoms with E-state index in [9.17, 15) is 0 Å². The SMILES string of the molecule is NCC1(CNCCc2nccs2)CCCCC1. The number of hydrogen-bond acceptors (Lipinski definition) is 4. The summed E-state index contributed by atoms with van der Waals surface area (Å²) < 4.78 is 0. The molecule has 0 unspecified atom stereocenters. The fourth-order valence-electron chi connectivity index (χ4n) is 2.68. The fraction of sp³-hybridized carbons (Fsp3) is 0.769. The highest BCUT2D eigenvalue weighted by Gasteiger charge is 2.29. The molecule has 1 aromatic rings. The van der Waals surface area contributed by atoms with Crippen LogP contribution >= 0.6 is 11.3 Å². The van der Waals surface area contributed by atoms with E-state index >= 15 is 0 Å². The van der Waals surface area contributed by atoms with Gasteiger partial charge >= 0.3 is 0 Å². The van der Waals surface area contributed by atoms with Crippen molar-refractivity contribution in [2.24, 2.45) is 11.1 Å². The zero-order valence-corrected chi connectivity index (χ0v) is 11.3. The Morgan fingerprint density at radius 3 is 2.82 bits per heavy atom. The molecule has 4 heteroatoms. The van der Waals surface area contributed by atoms with E-state index in [-0.39, 0.29) is 0 Å². The average molecular weight is 253 g/mol. The van der Waals surface area contributed by atoms with Crippen LogP contribution in [0.5, 0.6) is 0 Å². The van der Waals surface area contributed by atoms with Crippen LogP contribution in [-0.2, 0) is 6.42 Å². The molecule has 0 aliphatic heterocycles. The molecule has 0 amide bonds. The van der Waals surface area contributed by atoms with E-state index in [1.807, 2.05) is 11.6 Å². The molecule has 1 aromatic heterocycles. The summed E-state index contributed by atoms with van der Waals surface area (Å²) in [6.45, 7) is 2.93. The lowest BCUT2D eigenvalue weighted by Crippen LogP contribution is -2.42. The molecule has 2 rings (SSSR count). The van der Waals surface area contributed by atoms with Gasteiger partial charge in [0, 0.05) is 31.1 Å². The van der Waals surface area contributed by atoms with Gasteiger partial charge in [0.05, 0.1) is 5.01 Å². The molecule has 96 valence electrons. The van der Waals surface area contributed by atoms with Crippen LogP contribution in [-0.4, -0.2) is 24.6 Å². The first kappa shape index (κ1) is 13.0. The van der Waals surface area contributed by atoms with E-state index < -0.39 is 0 Å². The number of thiazole rings is 1. The van der Waals surface area contributed by atoms with Crippen molar-refractivity contribution in [2.45, 2.75) is 38.5 Å². The lowest BCUT2D eigenvalue weighted by Gasteiger charge is -2.36. The summed E-state index contributed by atoms with van der Waals surface area (Å²) in [5.74, 6) is 0. The van der Waals surface area contributed by atoms with E-state index in [0.717, 1.165) is 26.1 Å². The van der Waals surface area contributed by atoms with Crippen molar-refractivity contribution in [1.29, 1.82) is 0 Å². The molecule has 1 heterocycles. The van der Waals surface area contributed by atoms with Crippen molar-refractivity contribution in [1.82, 2.24) is 10.3 Å². The fourth-order valence-corrected chi connectivity index (χ4v) is 3.30. The normalized spacial score (nSPS) is 19.4.